The highest BCUT2D eigenvalue weighted by Gasteiger charge is 2.24. The van der Waals surface area contributed by atoms with Gasteiger partial charge in [0.25, 0.3) is 0 Å². The second-order valence-corrected chi connectivity index (χ2v) is 20.3. The highest BCUT2D eigenvalue weighted by Crippen LogP contribution is 2.29. The van der Waals surface area contributed by atoms with Crippen molar-refractivity contribution in [1.29, 1.82) is 0 Å². The number of ether oxygens (including phenoxy) is 1. The molecule has 10 rings (SSSR count). The Labute approximate surface area is 425 Å². The first-order valence-corrected chi connectivity index (χ1v) is 25.3. The molecule has 19 nitrogen and oxygen atoms in total. The zero-order valence-corrected chi connectivity index (χ0v) is 42.6. The summed E-state index contributed by atoms with van der Waals surface area (Å²) in [6, 6.07) is 15.5. The number of aliphatic hydroxyl groups excluding tert-OH is 1. The SMILES string of the molecule is CC(=O)OCC(C)(C)c1cnnc(Nc2ccc3ncc(-c4cnn(CCCN5CCCC5)c4)cc3n2)c1.CC(C)(CO)c1cnnc(Nc2ccc3ncc(-c4cnn(CCCN5CCCC5)c4)cc3n2)c1. The second kappa shape index (κ2) is 23.0. The summed E-state index contributed by atoms with van der Waals surface area (Å²) in [5, 5.41) is 41.8. The average Bonchev–Trinajstić information content (AvgIpc) is 4.27. The highest BCUT2D eigenvalue weighted by atomic mass is 16.5. The fourth-order valence-electron chi connectivity index (χ4n) is 8.98. The number of esters is 1. The molecule has 2 fully saturated rings. The lowest BCUT2D eigenvalue weighted by atomic mass is 9.87. The van der Waals surface area contributed by atoms with Crippen molar-refractivity contribution in [1.82, 2.24) is 69.7 Å². The van der Waals surface area contributed by atoms with E-state index in [4.69, 9.17) is 14.7 Å². The number of anilines is 4. The largest absolute Gasteiger partial charge is 0.465 e. The van der Waals surface area contributed by atoms with Gasteiger partial charge in [-0.15, -0.1) is 10.2 Å². The van der Waals surface area contributed by atoms with Crippen LogP contribution in [0.5, 0.6) is 0 Å². The normalized spacial score (nSPS) is 14.4. The molecule has 73 heavy (non-hydrogen) atoms. The van der Waals surface area contributed by atoms with E-state index < -0.39 is 10.8 Å². The van der Waals surface area contributed by atoms with Gasteiger partial charge in [0.2, 0.25) is 0 Å². The van der Waals surface area contributed by atoms with Gasteiger partial charge in [0.1, 0.15) is 18.2 Å². The van der Waals surface area contributed by atoms with E-state index in [2.05, 4.69) is 73.4 Å². The molecule has 2 aliphatic heterocycles. The summed E-state index contributed by atoms with van der Waals surface area (Å²) >= 11 is 0. The van der Waals surface area contributed by atoms with Gasteiger partial charge in [-0.05, 0) is 137 Å². The van der Waals surface area contributed by atoms with Crippen molar-refractivity contribution in [2.45, 2.75) is 97.1 Å². The lowest BCUT2D eigenvalue weighted by molar-refractivity contribution is -0.142. The molecule has 8 aromatic rings. The predicted octanol–water partition coefficient (Wildman–Crippen LogP) is 8.14. The number of rotatable bonds is 19. The fourth-order valence-corrected chi connectivity index (χ4v) is 8.98. The molecule has 0 atom stereocenters. The summed E-state index contributed by atoms with van der Waals surface area (Å²) in [5.41, 5.74) is 8.19. The maximum atomic E-state index is 11.3. The third-order valence-electron chi connectivity index (χ3n) is 13.5. The molecule has 0 saturated carbocycles. The maximum absolute atomic E-state index is 11.3. The smallest absolute Gasteiger partial charge is 0.302 e. The fraction of sp³-hybridized carbons (Fsp3) is 0.426. The molecule has 380 valence electrons. The van der Waals surface area contributed by atoms with Gasteiger partial charge < -0.3 is 30.3 Å². The van der Waals surface area contributed by atoms with Crippen LogP contribution < -0.4 is 10.6 Å². The number of carbonyl (C=O) groups excluding carboxylic acids is 1. The van der Waals surface area contributed by atoms with Gasteiger partial charge in [-0.3, -0.25) is 24.1 Å². The van der Waals surface area contributed by atoms with Gasteiger partial charge in [-0.2, -0.15) is 20.4 Å². The Balaban J connectivity index is 0.000000180. The molecular weight excluding hydrogens is 921 g/mol. The molecule has 8 aromatic heterocycles. The van der Waals surface area contributed by atoms with E-state index in [1.165, 1.54) is 58.8 Å². The summed E-state index contributed by atoms with van der Waals surface area (Å²) in [7, 11) is 0. The van der Waals surface area contributed by atoms with E-state index in [1.54, 1.807) is 12.4 Å². The van der Waals surface area contributed by atoms with Crippen molar-refractivity contribution in [3.63, 3.8) is 0 Å². The minimum absolute atomic E-state index is 0.0236. The minimum atomic E-state index is -0.410. The van der Waals surface area contributed by atoms with Gasteiger partial charge in [0.15, 0.2) is 11.6 Å². The number of carbonyl (C=O) groups is 1. The molecule has 0 unspecified atom stereocenters. The van der Waals surface area contributed by atoms with Crippen LogP contribution in [0.4, 0.5) is 23.3 Å². The van der Waals surface area contributed by atoms with Crippen LogP contribution in [0.3, 0.4) is 0 Å². The molecule has 0 bridgehead atoms. The number of nitrogens with zero attached hydrogens (tertiary/aromatic N) is 14. The molecule has 0 aliphatic carbocycles. The van der Waals surface area contributed by atoms with Crippen molar-refractivity contribution in [2.24, 2.45) is 0 Å². The molecule has 10 heterocycles. The van der Waals surface area contributed by atoms with Crippen LogP contribution in [-0.4, -0.2) is 133 Å². The summed E-state index contributed by atoms with van der Waals surface area (Å²) in [5.74, 6) is 2.12. The first-order valence-electron chi connectivity index (χ1n) is 25.3. The Morgan fingerprint density at radius 3 is 1.49 bits per heavy atom. The average molecular weight is 987 g/mol. The van der Waals surface area contributed by atoms with Crippen LogP contribution in [0.2, 0.25) is 0 Å². The Morgan fingerprint density at radius 1 is 0.575 bits per heavy atom. The number of likely N-dealkylation sites (tertiary alicyclic amines) is 2. The van der Waals surface area contributed by atoms with Crippen LogP contribution in [0, 0.1) is 0 Å². The summed E-state index contributed by atoms with van der Waals surface area (Å²) in [4.78, 5) is 35.0. The van der Waals surface area contributed by atoms with Crippen molar-refractivity contribution < 1.29 is 14.6 Å². The van der Waals surface area contributed by atoms with Gasteiger partial charge in [0.05, 0.1) is 53.5 Å². The van der Waals surface area contributed by atoms with E-state index in [0.29, 0.717) is 23.3 Å². The zero-order valence-electron chi connectivity index (χ0n) is 42.6. The van der Waals surface area contributed by atoms with Crippen molar-refractivity contribution >= 4 is 51.3 Å². The molecule has 0 amide bonds. The number of aliphatic hydroxyl groups is 1. The second-order valence-electron chi connectivity index (χ2n) is 20.3. The highest BCUT2D eigenvalue weighted by molar-refractivity contribution is 5.83. The number of nitrogens with one attached hydrogen (secondary N) is 2. The Morgan fingerprint density at radius 2 is 1.04 bits per heavy atom. The number of aromatic nitrogens is 12. The summed E-state index contributed by atoms with van der Waals surface area (Å²) in [6.07, 6.45) is 22.5. The van der Waals surface area contributed by atoms with Gasteiger partial charge in [-0.25, -0.2) is 9.97 Å². The van der Waals surface area contributed by atoms with E-state index in [9.17, 15) is 9.90 Å². The Kier molecular flexibility index (Phi) is 16.0. The van der Waals surface area contributed by atoms with Crippen LogP contribution in [0.15, 0.2) is 98.1 Å². The summed E-state index contributed by atoms with van der Waals surface area (Å²) < 4.78 is 9.25. The van der Waals surface area contributed by atoms with Crippen LogP contribution in [-0.2, 0) is 33.5 Å². The summed E-state index contributed by atoms with van der Waals surface area (Å²) in [6.45, 7) is 18.6. The van der Waals surface area contributed by atoms with Crippen LogP contribution in [0.1, 0.15) is 84.3 Å². The number of pyridine rings is 4. The molecule has 19 heteroatoms. The van der Waals surface area contributed by atoms with Gasteiger partial charge in [-0.1, -0.05) is 27.7 Å². The minimum Gasteiger partial charge on any atom is -0.465 e. The molecule has 3 N–H and O–H groups in total. The Hall–Kier alpha value is -7.35. The van der Waals surface area contributed by atoms with Gasteiger partial charge >= 0.3 is 5.97 Å². The van der Waals surface area contributed by atoms with E-state index in [1.807, 2.05) is 110 Å². The molecule has 0 spiro atoms. The molecule has 0 aromatic carbocycles. The number of aryl methyl sites for hydroxylation is 2. The lowest BCUT2D eigenvalue weighted by Crippen LogP contribution is -2.26. The third-order valence-corrected chi connectivity index (χ3v) is 13.5. The molecule has 2 aliphatic rings. The van der Waals surface area contributed by atoms with E-state index in [-0.39, 0.29) is 19.2 Å². The quantitative estimate of drug-likeness (QED) is 0.0652. The number of hydrogen-bond donors (Lipinski definition) is 3. The van der Waals surface area contributed by atoms with E-state index >= 15 is 0 Å². The first kappa shape index (κ1) is 50.6. The standard InChI is InChI=1S/C28H34N8O2.C26H32N8O/c1-20(37)38-19-28(2,3)23-14-27(34-30-17-23)33-26-8-7-24-25(32-26)13-21(15-29-24)22-16-31-36(18-22)12-6-11-35-9-4-5-10-35;1-26(2,18-35)21-13-25(32-28-16-21)31-24-7-6-22-23(30-24)12-19(14-27-22)20-15-29-34(17-20)11-5-10-33-8-3-4-9-33/h7-8,13-18H,4-6,9-12,19H2,1-3H3,(H,32,33,34);6-7,12-17,35H,3-5,8-11,18H2,1-2H3,(H,30,31,32). The maximum Gasteiger partial charge on any atom is 0.302 e. The topological polar surface area (TPSA) is 216 Å². The van der Waals surface area contributed by atoms with Crippen molar-refractivity contribution in [2.75, 3.05) is 63.1 Å². The van der Waals surface area contributed by atoms with Crippen molar-refractivity contribution in [3.8, 4) is 22.3 Å². The molecular formula is C54H66N16O3. The van der Waals surface area contributed by atoms with Crippen LogP contribution >= 0.6 is 0 Å². The molecule has 2 saturated heterocycles. The number of fused-ring (bicyclic) bond motifs is 2. The lowest BCUT2D eigenvalue weighted by Gasteiger charge is -2.24. The third kappa shape index (κ3) is 13.4. The number of hydrogen-bond acceptors (Lipinski definition) is 17. The predicted molar refractivity (Wildman–Crippen MR) is 283 cm³/mol. The van der Waals surface area contributed by atoms with Crippen molar-refractivity contribution in [3.05, 3.63) is 109 Å². The van der Waals surface area contributed by atoms with Gasteiger partial charge in [0, 0.05) is 77.9 Å². The van der Waals surface area contributed by atoms with Crippen LogP contribution in [0.25, 0.3) is 44.3 Å². The first-order chi connectivity index (χ1) is 35.4. The Bertz CT molecular complexity index is 3120. The monoisotopic (exact) mass is 987 g/mol. The zero-order chi connectivity index (χ0) is 50.8. The molecule has 0 radical (unpaired) electrons. The van der Waals surface area contributed by atoms with E-state index in [0.717, 1.165) is 94.5 Å².